The second-order valence-corrected chi connectivity index (χ2v) is 8.04. The number of furan rings is 1. The number of nitrogens with zero attached hydrogens (tertiary/aromatic N) is 1. The molecule has 0 bridgehead atoms. The van der Waals surface area contributed by atoms with Gasteiger partial charge in [-0.25, -0.2) is 9.69 Å². The summed E-state index contributed by atoms with van der Waals surface area (Å²) >= 11 is 3.52. The molecule has 1 fully saturated rings. The minimum absolute atomic E-state index is 0.0560. The molecule has 4 amide bonds. The van der Waals surface area contributed by atoms with Gasteiger partial charge in [-0.15, -0.1) is 0 Å². The monoisotopic (exact) mass is 494 g/mol. The number of amides is 4. The molecule has 0 saturated carbocycles. The number of hydrogen-bond acceptors (Lipinski definition) is 6. The van der Waals surface area contributed by atoms with Crippen molar-refractivity contribution in [2.24, 2.45) is 0 Å². The minimum Gasteiger partial charge on any atom is -0.457 e. The van der Waals surface area contributed by atoms with Gasteiger partial charge in [-0.05, 0) is 55.0 Å². The molecule has 0 aliphatic carbocycles. The quantitative estimate of drug-likeness (QED) is 0.427. The van der Waals surface area contributed by atoms with Crippen molar-refractivity contribution in [3.63, 3.8) is 0 Å². The fourth-order valence-corrected chi connectivity index (χ4v) is 4.14. The number of carbonyl (C=O) groups excluding carboxylic acids is 3. The summed E-state index contributed by atoms with van der Waals surface area (Å²) in [7, 11) is 0. The number of halogens is 1. The Balaban J connectivity index is 1.48. The number of carbonyl (C=O) groups is 3. The third-order valence-electron chi connectivity index (χ3n) is 5.02. The number of nitrogens with one attached hydrogen (secondary N) is 1. The van der Waals surface area contributed by atoms with Crippen LogP contribution in [0.2, 0.25) is 0 Å². The van der Waals surface area contributed by atoms with Crippen LogP contribution in [0, 0.1) is 6.92 Å². The number of ether oxygens (including phenoxy) is 2. The van der Waals surface area contributed by atoms with Crippen LogP contribution in [-0.2, 0) is 9.59 Å². The van der Waals surface area contributed by atoms with Crippen molar-refractivity contribution < 1.29 is 28.3 Å². The van der Waals surface area contributed by atoms with Gasteiger partial charge >= 0.3 is 6.03 Å². The summed E-state index contributed by atoms with van der Waals surface area (Å²) in [6.45, 7) is 2.04. The van der Waals surface area contributed by atoms with Crippen molar-refractivity contribution >= 4 is 45.5 Å². The Kier molecular flexibility index (Phi) is 4.82. The van der Waals surface area contributed by atoms with Crippen LogP contribution in [0.5, 0.6) is 11.5 Å². The molecule has 2 aliphatic rings. The van der Waals surface area contributed by atoms with E-state index in [9.17, 15) is 14.4 Å². The van der Waals surface area contributed by atoms with Gasteiger partial charge in [0.05, 0.1) is 5.69 Å². The molecule has 3 heterocycles. The fourth-order valence-electron chi connectivity index (χ4n) is 3.45. The van der Waals surface area contributed by atoms with E-state index in [2.05, 4.69) is 21.2 Å². The molecule has 0 radical (unpaired) electrons. The Morgan fingerprint density at radius 1 is 1.00 bits per heavy atom. The Morgan fingerprint density at radius 2 is 1.81 bits per heavy atom. The van der Waals surface area contributed by atoms with Gasteiger partial charge in [-0.2, -0.15) is 0 Å². The molecule has 0 unspecified atom stereocenters. The zero-order chi connectivity index (χ0) is 22.4. The van der Waals surface area contributed by atoms with Crippen molar-refractivity contribution in [3.05, 3.63) is 69.9 Å². The highest BCUT2D eigenvalue weighted by atomic mass is 79.9. The number of barbiturate groups is 1. The van der Waals surface area contributed by atoms with Gasteiger partial charge in [-0.1, -0.05) is 22.0 Å². The van der Waals surface area contributed by atoms with Crippen LogP contribution in [-0.4, -0.2) is 24.6 Å². The standard InChI is InChI=1S/C23H15BrN2O6/c1-12-2-5-15(17(24)8-12)18-7-4-14(32-18)10-16-21(27)25-23(29)26(22(16)28)13-3-6-19-20(9-13)31-11-30-19/h2-10H,11H2,1H3,(H,25,27,29)/b16-10-. The first kappa shape index (κ1) is 20.1. The first-order valence-corrected chi connectivity index (χ1v) is 10.4. The van der Waals surface area contributed by atoms with E-state index in [0.29, 0.717) is 23.0 Å². The van der Waals surface area contributed by atoms with Crippen LogP contribution >= 0.6 is 15.9 Å². The molecule has 2 aliphatic heterocycles. The lowest BCUT2D eigenvalue weighted by Crippen LogP contribution is -2.54. The molecular formula is C23H15BrN2O6. The molecule has 32 heavy (non-hydrogen) atoms. The number of imide groups is 2. The second kappa shape index (κ2) is 7.69. The zero-order valence-electron chi connectivity index (χ0n) is 16.7. The summed E-state index contributed by atoms with van der Waals surface area (Å²) in [5.41, 5.74) is 1.94. The molecule has 1 N–H and O–H groups in total. The molecule has 2 aromatic carbocycles. The van der Waals surface area contributed by atoms with Crippen LogP contribution in [0.4, 0.5) is 10.5 Å². The number of rotatable bonds is 3. The summed E-state index contributed by atoms with van der Waals surface area (Å²) in [5, 5.41) is 2.19. The molecular weight excluding hydrogens is 480 g/mol. The van der Waals surface area contributed by atoms with Crippen LogP contribution in [0.15, 0.2) is 63.0 Å². The predicted molar refractivity (Wildman–Crippen MR) is 118 cm³/mol. The Hall–Kier alpha value is -3.85. The first-order valence-electron chi connectivity index (χ1n) is 9.58. The number of anilines is 1. The normalized spacial score (nSPS) is 16.6. The average molecular weight is 495 g/mol. The van der Waals surface area contributed by atoms with E-state index in [0.717, 1.165) is 20.5 Å². The van der Waals surface area contributed by atoms with Gasteiger partial charge in [0.2, 0.25) is 6.79 Å². The van der Waals surface area contributed by atoms with E-state index in [-0.39, 0.29) is 18.1 Å². The maximum absolute atomic E-state index is 13.1. The maximum Gasteiger partial charge on any atom is 0.335 e. The number of fused-ring (bicyclic) bond motifs is 1. The van der Waals surface area contributed by atoms with Crippen LogP contribution in [0.3, 0.4) is 0 Å². The smallest absolute Gasteiger partial charge is 0.335 e. The fraction of sp³-hybridized carbons (Fsp3) is 0.0870. The van der Waals surface area contributed by atoms with Crippen LogP contribution in [0.1, 0.15) is 11.3 Å². The van der Waals surface area contributed by atoms with E-state index < -0.39 is 17.8 Å². The van der Waals surface area contributed by atoms with Gasteiger partial charge < -0.3 is 13.9 Å². The highest BCUT2D eigenvalue weighted by Crippen LogP contribution is 2.36. The van der Waals surface area contributed by atoms with Crippen molar-refractivity contribution in [3.8, 4) is 22.8 Å². The lowest BCUT2D eigenvalue weighted by atomic mass is 10.1. The molecule has 5 rings (SSSR count). The Labute approximate surface area is 190 Å². The topological polar surface area (TPSA) is 98.1 Å². The van der Waals surface area contributed by atoms with Gasteiger partial charge in [0.25, 0.3) is 11.8 Å². The largest absolute Gasteiger partial charge is 0.457 e. The molecule has 8 nitrogen and oxygen atoms in total. The highest BCUT2D eigenvalue weighted by molar-refractivity contribution is 9.10. The molecule has 1 saturated heterocycles. The van der Waals surface area contributed by atoms with E-state index >= 15 is 0 Å². The first-order chi connectivity index (χ1) is 15.4. The van der Waals surface area contributed by atoms with Gasteiger partial charge in [0.1, 0.15) is 17.1 Å². The SMILES string of the molecule is Cc1ccc(-c2ccc(/C=C3/C(=O)NC(=O)N(c4ccc5c(c4)OCO5)C3=O)o2)c(Br)c1. The van der Waals surface area contributed by atoms with Gasteiger partial charge in [0, 0.05) is 16.1 Å². The summed E-state index contributed by atoms with van der Waals surface area (Å²) in [4.78, 5) is 38.8. The van der Waals surface area contributed by atoms with E-state index in [1.807, 2.05) is 25.1 Å². The zero-order valence-corrected chi connectivity index (χ0v) is 18.3. The summed E-state index contributed by atoms with van der Waals surface area (Å²) in [5.74, 6) is 0.210. The summed E-state index contributed by atoms with van der Waals surface area (Å²) < 4.78 is 17.3. The third kappa shape index (κ3) is 3.46. The summed E-state index contributed by atoms with van der Waals surface area (Å²) in [6.07, 6.45) is 1.32. The predicted octanol–water partition coefficient (Wildman–Crippen LogP) is 4.41. The maximum atomic E-state index is 13.1. The third-order valence-corrected chi connectivity index (χ3v) is 5.68. The lowest BCUT2D eigenvalue weighted by molar-refractivity contribution is -0.122. The molecule has 3 aromatic rings. The lowest BCUT2D eigenvalue weighted by Gasteiger charge is -2.26. The van der Waals surface area contributed by atoms with Crippen molar-refractivity contribution in [2.75, 3.05) is 11.7 Å². The Bertz CT molecular complexity index is 1330. The number of hydrogen-bond donors (Lipinski definition) is 1. The molecule has 0 atom stereocenters. The number of aryl methyl sites for hydroxylation is 1. The van der Waals surface area contributed by atoms with Crippen molar-refractivity contribution in [1.29, 1.82) is 0 Å². The van der Waals surface area contributed by atoms with Gasteiger partial charge in [0.15, 0.2) is 11.5 Å². The average Bonchev–Trinajstić information content (AvgIpc) is 3.40. The van der Waals surface area contributed by atoms with Crippen LogP contribution in [0.25, 0.3) is 17.4 Å². The highest BCUT2D eigenvalue weighted by Gasteiger charge is 2.37. The van der Waals surface area contributed by atoms with E-state index in [1.165, 1.54) is 12.1 Å². The molecule has 1 aromatic heterocycles. The van der Waals surface area contributed by atoms with Crippen molar-refractivity contribution in [2.45, 2.75) is 6.92 Å². The molecule has 9 heteroatoms. The van der Waals surface area contributed by atoms with Crippen molar-refractivity contribution in [1.82, 2.24) is 5.32 Å². The minimum atomic E-state index is -0.847. The van der Waals surface area contributed by atoms with E-state index in [1.54, 1.807) is 24.3 Å². The van der Waals surface area contributed by atoms with Gasteiger partial charge in [-0.3, -0.25) is 14.9 Å². The summed E-state index contributed by atoms with van der Waals surface area (Å²) in [6, 6.07) is 13.0. The Morgan fingerprint density at radius 3 is 2.62 bits per heavy atom. The number of benzene rings is 2. The molecule has 0 spiro atoms. The molecule has 160 valence electrons. The van der Waals surface area contributed by atoms with E-state index in [4.69, 9.17) is 13.9 Å². The number of urea groups is 1. The second-order valence-electron chi connectivity index (χ2n) is 7.18. The van der Waals surface area contributed by atoms with Crippen LogP contribution < -0.4 is 19.7 Å².